The molecule has 0 saturated heterocycles. The second-order valence-electron chi connectivity index (χ2n) is 4.90. The van der Waals surface area contributed by atoms with Gasteiger partial charge in [0.25, 0.3) is 5.91 Å². The summed E-state index contributed by atoms with van der Waals surface area (Å²) in [6, 6.07) is 11.5. The Bertz CT molecular complexity index is 704. The molecular weight excluding hydrogens is 304 g/mol. The van der Waals surface area contributed by atoms with Crippen LogP contribution in [0.2, 0.25) is 0 Å². The lowest BCUT2D eigenvalue weighted by molar-refractivity contribution is -0.124. The van der Waals surface area contributed by atoms with E-state index in [9.17, 15) is 18.4 Å². The maximum atomic E-state index is 13.4. The van der Waals surface area contributed by atoms with Crippen molar-refractivity contribution < 1.29 is 23.1 Å². The maximum absolute atomic E-state index is 13.4. The average Bonchev–Trinajstić information content (AvgIpc) is 2.53. The third-order valence-corrected chi connectivity index (χ3v) is 3.16. The van der Waals surface area contributed by atoms with E-state index in [4.69, 9.17) is 4.74 Å². The fourth-order valence-corrected chi connectivity index (χ4v) is 1.97. The van der Waals surface area contributed by atoms with Gasteiger partial charge in [-0.05, 0) is 24.6 Å². The van der Waals surface area contributed by atoms with Crippen LogP contribution in [0.3, 0.4) is 0 Å². The Morgan fingerprint density at radius 1 is 1.13 bits per heavy atom. The third kappa shape index (κ3) is 4.60. The molecule has 1 atom stereocenters. The van der Waals surface area contributed by atoms with Crippen LogP contribution < -0.4 is 5.32 Å². The van der Waals surface area contributed by atoms with E-state index in [0.717, 1.165) is 17.7 Å². The molecule has 4 nitrogen and oxygen atoms in total. The van der Waals surface area contributed by atoms with Crippen molar-refractivity contribution in [1.29, 1.82) is 0 Å². The van der Waals surface area contributed by atoms with E-state index < -0.39 is 35.7 Å². The number of esters is 1. The lowest BCUT2D eigenvalue weighted by atomic mass is 10.1. The molecule has 0 heterocycles. The molecule has 0 spiro atoms. The third-order valence-electron chi connectivity index (χ3n) is 3.16. The van der Waals surface area contributed by atoms with Crippen LogP contribution in [0, 0.1) is 11.6 Å². The molecule has 6 heteroatoms. The Morgan fingerprint density at radius 2 is 1.83 bits per heavy atom. The first-order valence-electron chi connectivity index (χ1n) is 6.94. The van der Waals surface area contributed by atoms with E-state index in [2.05, 4.69) is 5.32 Å². The Morgan fingerprint density at radius 3 is 2.48 bits per heavy atom. The summed E-state index contributed by atoms with van der Waals surface area (Å²) < 4.78 is 30.9. The normalized spacial score (nSPS) is 11.6. The SMILES string of the molecule is C[C@@H](NC(=O)COC(=O)c1ccc(F)cc1F)c1ccccc1. The van der Waals surface area contributed by atoms with Gasteiger partial charge < -0.3 is 10.1 Å². The number of halogens is 2. The summed E-state index contributed by atoms with van der Waals surface area (Å²) in [7, 11) is 0. The fourth-order valence-electron chi connectivity index (χ4n) is 1.97. The zero-order valence-electron chi connectivity index (χ0n) is 12.4. The van der Waals surface area contributed by atoms with Crippen LogP contribution in [0.15, 0.2) is 48.5 Å². The van der Waals surface area contributed by atoms with Gasteiger partial charge in [-0.2, -0.15) is 0 Å². The van der Waals surface area contributed by atoms with E-state index >= 15 is 0 Å². The second kappa shape index (κ2) is 7.49. The lowest BCUT2D eigenvalue weighted by Crippen LogP contribution is -2.31. The van der Waals surface area contributed by atoms with E-state index in [1.807, 2.05) is 30.3 Å². The number of benzene rings is 2. The minimum Gasteiger partial charge on any atom is -0.452 e. The number of hydrogen-bond donors (Lipinski definition) is 1. The molecule has 0 aliphatic carbocycles. The van der Waals surface area contributed by atoms with Crippen LogP contribution in [0.1, 0.15) is 28.9 Å². The molecule has 0 fully saturated rings. The van der Waals surface area contributed by atoms with Crippen molar-refractivity contribution in [2.24, 2.45) is 0 Å². The summed E-state index contributed by atoms with van der Waals surface area (Å²) in [6.45, 7) is 1.24. The molecule has 0 aromatic heterocycles. The summed E-state index contributed by atoms with van der Waals surface area (Å²) >= 11 is 0. The monoisotopic (exact) mass is 319 g/mol. The Kier molecular flexibility index (Phi) is 5.41. The summed E-state index contributed by atoms with van der Waals surface area (Å²) in [6.07, 6.45) is 0. The molecule has 0 unspecified atom stereocenters. The van der Waals surface area contributed by atoms with Crippen LogP contribution in [0.25, 0.3) is 0 Å². The number of carbonyl (C=O) groups excluding carboxylic acids is 2. The zero-order valence-corrected chi connectivity index (χ0v) is 12.4. The molecule has 2 aromatic rings. The van der Waals surface area contributed by atoms with Gasteiger partial charge in [0.1, 0.15) is 11.6 Å². The quantitative estimate of drug-likeness (QED) is 0.862. The minimum absolute atomic E-state index is 0.259. The van der Waals surface area contributed by atoms with Crippen molar-refractivity contribution in [3.05, 3.63) is 71.3 Å². The van der Waals surface area contributed by atoms with Crippen LogP contribution in [-0.2, 0) is 9.53 Å². The number of carbonyl (C=O) groups is 2. The summed E-state index contributed by atoms with van der Waals surface area (Å²) in [5.41, 5.74) is 0.479. The Hall–Kier alpha value is -2.76. The molecule has 1 N–H and O–H groups in total. The van der Waals surface area contributed by atoms with Crippen LogP contribution in [0.4, 0.5) is 8.78 Å². The Balaban J connectivity index is 1.88. The van der Waals surface area contributed by atoms with Gasteiger partial charge in [0, 0.05) is 6.07 Å². The number of hydrogen-bond acceptors (Lipinski definition) is 3. The van der Waals surface area contributed by atoms with Crippen LogP contribution >= 0.6 is 0 Å². The van der Waals surface area contributed by atoms with E-state index in [1.54, 1.807) is 6.92 Å². The molecule has 0 aliphatic heterocycles. The molecular formula is C17H15F2NO3. The molecule has 23 heavy (non-hydrogen) atoms. The molecule has 2 rings (SSSR count). The molecule has 0 radical (unpaired) electrons. The molecule has 0 saturated carbocycles. The summed E-state index contributed by atoms with van der Waals surface area (Å²) in [5, 5.41) is 2.66. The largest absolute Gasteiger partial charge is 0.452 e. The highest BCUT2D eigenvalue weighted by Gasteiger charge is 2.16. The van der Waals surface area contributed by atoms with E-state index in [0.29, 0.717) is 6.07 Å². The van der Waals surface area contributed by atoms with Gasteiger partial charge in [0.15, 0.2) is 6.61 Å². The van der Waals surface area contributed by atoms with Crippen molar-refractivity contribution in [3.8, 4) is 0 Å². The van der Waals surface area contributed by atoms with Gasteiger partial charge in [-0.3, -0.25) is 4.79 Å². The van der Waals surface area contributed by atoms with Crippen LogP contribution in [-0.4, -0.2) is 18.5 Å². The first-order valence-corrected chi connectivity index (χ1v) is 6.94. The van der Waals surface area contributed by atoms with Gasteiger partial charge >= 0.3 is 5.97 Å². The van der Waals surface area contributed by atoms with Gasteiger partial charge in [0.2, 0.25) is 0 Å². The second-order valence-corrected chi connectivity index (χ2v) is 4.90. The van der Waals surface area contributed by atoms with Crippen LogP contribution in [0.5, 0.6) is 0 Å². The summed E-state index contributed by atoms with van der Waals surface area (Å²) in [4.78, 5) is 23.4. The highest BCUT2D eigenvalue weighted by atomic mass is 19.1. The molecule has 1 amide bonds. The number of rotatable bonds is 5. The molecule has 0 bridgehead atoms. The standard InChI is InChI=1S/C17H15F2NO3/c1-11(12-5-3-2-4-6-12)20-16(21)10-23-17(22)14-8-7-13(18)9-15(14)19/h2-9,11H,10H2,1H3,(H,20,21)/t11-/m1/s1. The fraction of sp³-hybridized carbons (Fsp3) is 0.176. The topological polar surface area (TPSA) is 55.4 Å². The van der Waals surface area contributed by atoms with E-state index in [1.165, 1.54) is 0 Å². The van der Waals surface area contributed by atoms with Crippen molar-refractivity contribution in [1.82, 2.24) is 5.32 Å². The van der Waals surface area contributed by atoms with Gasteiger partial charge in [-0.15, -0.1) is 0 Å². The predicted molar refractivity (Wildman–Crippen MR) is 79.6 cm³/mol. The summed E-state index contributed by atoms with van der Waals surface area (Å²) in [5.74, 6) is -3.37. The predicted octanol–water partition coefficient (Wildman–Crippen LogP) is 3.00. The van der Waals surface area contributed by atoms with Gasteiger partial charge in [0.05, 0.1) is 11.6 Å². The maximum Gasteiger partial charge on any atom is 0.341 e. The number of nitrogens with one attached hydrogen (secondary N) is 1. The molecule has 120 valence electrons. The average molecular weight is 319 g/mol. The van der Waals surface area contributed by atoms with Crippen molar-refractivity contribution in [3.63, 3.8) is 0 Å². The first kappa shape index (κ1) is 16.6. The smallest absolute Gasteiger partial charge is 0.341 e. The molecule has 2 aromatic carbocycles. The van der Waals surface area contributed by atoms with Gasteiger partial charge in [-0.25, -0.2) is 13.6 Å². The highest BCUT2D eigenvalue weighted by molar-refractivity contribution is 5.91. The minimum atomic E-state index is -1.03. The Labute approximate surface area is 132 Å². The molecule has 0 aliphatic rings. The lowest BCUT2D eigenvalue weighted by Gasteiger charge is -2.14. The first-order chi connectivity index (χ1) is 11.0. The zero-order chi connectivity index (χ0) is 16.8. The highest BCUT2D eigenvalue weighted by Crippen LogP contribution is 2.12. The van der Waals surface area contributed by atoms with Crippen molar-refractivity contribution >= 4 is 11.9 Å². The van der Waals surface area contributed by atoms with Gasteiger partial charge in [-0.1, -0.05) is 30.3 Å². The van der Waals surface area contributed by atoms with Crippen molar-refractivity contribution in [2.75, 3.05) is 6.61 Å². The van der Waals surface area contributed by atoms with Crippen molar-refractivity contribution in [2.45, 2.75) is 13.0 Å². The number of ether oxygens (including phenoxy) is 1. The van der Waals surface area contributed by atoms with E-state index in [-0.39, 0.29) is 6.04 Å². The number of amides is 1.